The second-order valence-corrected chi connectivity index (χ2v) is 8.36. The van der Waals surface area contributed by atoms with E-state index in [4.69, 9.17) is 23.7 Å². The third-order valence-corrected chi connectivity index (χ3v) is 6.04. The highest BCUT2D eigenvalue weighted by molar-refractivity contribution is 4.94. The number of hydrogen-bond donors (Lipinski definition) is 10. The summed E-state index contributed by atoms with van der Waals surface area (Å²) in [5.74, 6) is 0. The summed E-state index contributed by atoms with van der Waals surface area (Å²) in [6.45, 7) is 0.203. The fourth-order valence-corrected chi connectivity index (χ4v) is 3.88. The lowest BCUT2D eigenvalue weighted by atomic mass is 9.97. The van der Waals surface area contributed by atoms with Gasteiger partial charge >= 0.3 is 0 Å². The minimum atomic E-state index is -1.88. The molecule has 194 valence electrons. The van der Waals surface area contributed by atoms with Crippen LogP contribution in [0.4, 0.5) is 0 Å². The highest BCUT2D eigenvalue weighted by Crippen LogP contribution is 2.29. The van der Waals surface area contributed by atoms with E-state index in [2.05, 4.69) is 0 Å². The number of hydrogen-bond acceptors (Lipinski definition) is 15. The molecular weight excluding hydrogens is 456 g/mol. The topological polar surface area (TPSA) is 248 Å². The first-order chi connectivity index (χ1) is 15.5. The monoisotopic (exact) mass is 488 g/mol. The van der Waals surface area contributed by atoms with Gasteiger partial charge in [0.15, 0.2) is 18.9 Å². The van der Waals surface area contributed by atoms with Crippen LogP contribution in [0.1, 0.15) is 6.92 Å². The molecular formula is C18H32O15. The van der Waals surface area contributed by atoms with Crippen molar-refractivity contribution >= 4 is 0 Å². The fraction of sp³-hybridized carbons (Fsp3) is 1.00. The van der Waals surface area contributed by atoms with Crippen LogP contribution in [-0.4, -0.2) is 156 Å². The summed E-state index contributed by atoms with van der Waals surface area (Å²) in [6.07, 6.45) is -23.4. The van der Waals surface area contributed by atoms with Crippen molar-refractivity contribution in [2.24, 2.45) is 0 Å². The van der Waals surface area contributed by atoms with E-state index < -0.39 is 105 Å². The van der Waals surface area contributed by atoms with Gasteiger partial charge in [-0.3, -0.25) is 0 Å². The molecule has 10 N–H and O–H groups in total. The average molecular weight is 488 g/mol. The first-order valence-electron chi connectivity index (χ1n) is 10.4. The van der Waals surface area contributed by atoms with Crippen LogP contribution >= 0.6 is 0 Å². The fourth-order valence-electron chi connectivity index (χ4n) is 3.88. The minimum Gasteiger partial charge on any atom is -0.394 e. The number of aliphatic hydroxyl groups is 10. The molecule has 3 fully saturated rings. The van der Waals surface area contributed by atoms with Crippen molar-refractivity contribution in [1.29, 1.82) is 0 Å². The van der Waals surface area contributed by atoms with Crippen LogP contribution in [0.3, 0.4) is 0 Å². The third-order valence-electron chi connectivity index (χ3n) is 6.04. The second-order valence-electron chi connectivity index (χ2n) is 8.36. The van der Waals surface area contributed by atoms with Gasteiger partial charge in [0, 0.05) is 0 Å². The Labute approximate surface area is 187 Å². The Hall–Kier alpha value is -0.600. The Morgan fingerprint density at radius 3 is 1.82 bits per heavy atom. The summed E-state index contributed by atoms with van der Waals surface area (Å²) in [5, 5.41) is 99.5. The molecule has 0 aromatic heterocycles. The van der Waals surface area contributed by atoms with Crippen molar-refractivity contribution in [3.8, 4) is 0 Å². The van der Waals surface area contributed by atoms with E-state index in [0.717, 1.165) is 0 Å². The smallest absolute Gasteiger partial charge is 0.187 e. The molecule has 0 amide bonds. The molecule has 0 bridgehead atoms. The highest BCUT2D eigenvalue weighted by Gasteiger charge is 2.51. The maximum atomic E-state index is 10.4. The third kappa shape index (κ3) is 5.48. The molecule has 15 atom stereocenters. The largest absolute Gasteiger partial charge is 0.394 e. The van der Waals surface area contributed by atoms with Gasteiger partial charge in [-0.15, -0.1) is 0 Å². The molecule has 0 saturated carbocycles. The van der Waals surface area contributed by atoms with Gasteiger partial charge in [0.2, 0.25) is 0 Å². The maximum absolute atomic E-state index is 10.4. The van der Waals surface area contributed by atoms with Gasteiger partial charge in [0.1, 0.15) is 67.1 Å². The van der Waals surface area contributed by atoms with Gasteiger partial charge in [0.05, 0.1) is 19.3 Å². The zero-order chi connectivity index (χ0) is 24.6. The number of rotatable bonds is 6. The normalized spacial score (nSPS) is 53.7. The minimum absolute atomic E-state index is 0.515. The van der Waals surface area contributed by atoms with Gasteiger partial charge < -0.3 is 74.7 Å². The predicted octanol–water partition coefficient (Wildman–Crippen LogP) is -6.55. The highest BCUT2D eigenvalue weighted by atomic mass is 16.7. The molecule has 15 nitrogen and oxygen atoms in total. The van der Waals surface area contributed by atoms with E-state index in [1.54, 1.807) is 0 Å². The summed E-state index contributed by atoms with van der Waals surface area (Å²) in [4.78, 5) is 0. The molecule has 3 rings (SSSR count). The summed E-state index contributed by atoms with van der Waals surface area (Å²) >= 11 is 0. The first-order valence-corrected chi connectivity index (χ1v) is 10.4. The van der Waals surface area contributed by atoms with E-state index in [9.17, 15) is 51.1 Å². The number of aliphatic hydroxyl groups excluding tert-OH is 10. The molecule has 3 saturated heterocycles. The van der Waals surface area contributed by atoms with Crippen LogP contribution < -0.4 is 0 Å². The first kappa shape index (κ1) is 27.0. The van der Waals surface area contributed by atoms with Gasteiger partial charge in [-0.25, -0.2) is 0 Å². The summed E-state index contributed by atoms with van der Waals surface area (Å²) < 4.78 is 26.2. The lowest BCUT2D eigenvalue weighted by molar-refractivity contribution is -0.366. The molecule has 0 aromatic rings. The van der Waals surface area contributed by atoms with Gasteiger partial charge in [-0.1, -0.05) is 0 Å². The molecule has 33 heavy (non-hydrogen) atoms. The molecule has 0 radical (unpaired) electrons. The average Bonchev–Trinajstić information content (AvgIpc) is 2.79. The second kappa shape index (κ2) is 11.0. The Morgan fingerprint density at radius 1 is 0.606 bits per heavy atom. The van der Waals surface area contributed by atoms with Crippen molar-refractivity contribution in [3.63, 3.8) is 0 Å². The van der Waals surface area contributed by atoms with Crippen LogP contribution in [0.2, 0.25) is 0 Å². The van der Waals surface area contributed by atoms with Crippen molar-refractivity contribution in [1.82, 2.24) is 0 Å². The van der Waals surface area contributed by atoms with Crippen molar-refractivity contribution < 1.29 is 74.7 Å². The number of ether oxygens (including phenoxy) is 5. The zero-order valence-electron chi connectivity index (χ0n) is 17.6. The quantitative estimate of drug-likeness (QED) is 0.167. The van der Waals surface area contributed by atoms with Crippen molar-refractivity contribution in [3.05, 3.63) is 0 Å². The summed E-state index contributed by atoms with van der Waals surface area (Å²) in [5.41, 5.74) is 0. The molecule has 0 aromatic carbocycles. The molecule has 0 spiro atoms. The standard InChI is InChI=1S/C18H32O15/c1-4-7(20)10(23)13(26)17(30-4)29-3-6-9(22)12(25)15(16(28)31-6)33-18-14(27)11(24)8(21)5(2-19)32-18/h4-28H,2-3H2,1H3/t4-,5-,6-,7+,8-,9-,10+,11+,12+,13-,14-,15-,16-,17-,18+/m1/s1. The molecule has 0 aliphatic carbocycles. The summed E-state index contributed by atoms with van der Waals surface area (Å²) in [7, 11) is 0. The zero-order valence-corrected chi connectivity index (χ0v) is 17.6. The van der Waals surface area contributed by atoms with Crippen LogP contribution in [-0.2, 0) is 23.7 Å². The Kier molecular flexibility index (Phi) is 8.99. The van der Waals surface area contributed by atoms with Crippen molar-refractivity contribution in [2.75, 3.05) is 13.2 Å². The van der Waals surface area contributed by atoms with Crippen LogP contribution in [0, 0.1) is 0 Å². The lowest BCUT2D eigenvalue weighted by Crippen LogP contribution is -2.64. The molecule has 15 heteroatoms. The van der Waals surface area contributed by atoms with E-state index in [1.807, 2.05) is 0 Å². The predicted molar refractivity (Wildman–Crippen MR) is 99.8 cm³/mol. The van der Waals surface area contributed by atoms with Crippen LogP contribution in [0.15, 0.2) is 0 Å². The van der Waals surface area contributed by atoms with Crippen LogP contribution in [0.25, 0.3) is 0 Å². The van der Waals surface area contributed by atoms with E-state index in [1.165, 1.54) is 6.92 Å². The van der Waals surface area contributed by atoms with Crippen molar-refractivity contribution in [2.45, 2.75) is 99.0 Å². The Bertz CT molecular complexity index is 624. The summed E-state index contributed by atoms with van der Waals surface area (Å²) in [6, 6.07) is 0. The van der Waals surface area contributed by atoms with Gasteiger partial charge in [-0.05, 0) is 6.92 Å². The van der Waals surface area contributed by atoms with Crippen LogP contribution in [0.5, 0.6) is 0 Å². The molecule has 3 heterocycles. The Balaban J connectivity index is 1.59. The molecule has 3 aliphatic heterocycles. The SMILES string of the molecule is C[C@H]1O[C@@H](OC[C@H]2O[C@@H](O)[C@H](O[C@@H]3O[C@H](CO)[C@@H](O)[C@H](O)[C@H]3O)[C@@H](O)[C@@H]2O)[C@H](O)[C@@H](O)[C@H]1O. The van der Waals surface area contributed by atoms with E-state index in [-0.39, 0.29) is 0 Å². The van der Waals surface area contributed by atoms with Gasteiger partial charge in [-0.2, -0.15) is 0 Å². The maximum Gasteiger partial charge on any atom is 0.187 e. The Morgan fingerprint density at radius 2 is 1.18 bits per heavy atom. The van der Waals surface area contributed by atoms with E-state index in [0.29, 0.717) is 0 Å². The molecule has 0 unspecified atom stereocenters. The van der Waals surface area contributed by atoms with Gasteiger partial charge in [0.25, 0.3) is 0 Å². The lowest BCUT2D eigenvalue weighted by Gasteiger charge is -2.45. The molecule has 3 aliphatic rings. The van der Waals surface area contributed by atoms with E-state index >= 15 is 0 Å².